The molecule has 0 spiro atoms. The van der Waals surface area contributed by atoms with Gasteiger partial charge in [-0.3, -0.25) is 4.79 Å². The Bertz CT molecular complexity index is 835. The number of carbonyl (C=O) groups excluding carboxylic acids is 2. The molecule has 0 saturated carbocycles. The van der Waals surface area contributed by atoms with Crippen molar-refractivity contribution in [3.63, 3.8) is 0 Å². The van der Waals surface area contributed by atoms with Gasteiger partial charge in [0.1, 0.15) is 0 Å². The van der Waals surface area contributed by atoms with Crippen molar-refractivity contribution in [2.45, 2.75) is 20.8 Å². The van der Waals surface area contributed by atoms with E-state index in [2.05, 4.69) is 5.32 Å². The molecule has 7 heteroatoms. The fraction of sp³-hybridized carbons (Fsp3) is 0.263. The number of carbonyl (C=O) groups is 2. The average molecular weight is 378 g/mol. The van der Waals surface area contributed by atoms with Crippen molar-refractivity contribution >= 4 is 29.2 Å². The molecule has 0 atom stereocenters. The van der Waals surface area contributed by atoms with Gasteiger partial charge in [0.25, 0.3) is 5.91 Å². The van der Waals surface area contributed by atoms with Gasteiger partial charge in [0.2, 0.25) is 0 Å². The Morgan fingerprint density at radius 3 is 2.58 bits per heavy atom. The van der Waals surface area contributed by atoms with Crippen LogP contribution < -0.4 is 10.1 Å². The maximum atomic E-state index is 12.1. The van der Waals surface area contributed by atoms with E-state index < -0.39 is 18.5 Å². The highest BCUT2D eigenvalue weighted by Crippen LogP contribution is 2.35. The zero-order valence-electron chi connectivity index (χ0n) is 14.8. The van der Waals surface area contributed by atoms with E-state index in [-0.39, 0.29) is 22.1 Å². The van der Waals surface area contributed by atoms with E-state index in [0.717, 1.165) is 11.1 Å². The van der Waals surface area contributed by atoms with Gasteiger partial charge in [-0.05, 0) is 44.5 Å². The Morgan fingerprint density at radius 2 is 1.92 bits per heavy atom. The van der Waals surface area contributed by atoms with E-state index in [1.54, 1.807) is 13.0 Å². The van der Waals surface area contributed by atoms with Crippen LogP contribution in [0.15, 0.2) is 30.3 Å². The van der Waals surface area contributed by atoms with Crippen molar-refractivity contribution in [1.82, 2.24) is 0 Å². The van der Waals surface area contributed by atoms with Crippen molar-refractivity contribution in [2.75, 3.05) is 18.5 Å². The number of nitrogens with one attached hydrogen (secondary N) is 1. The molecular formula is C19H20ClNO5. The summed E-state index contributed by atoms with van der Waals surface area (Å²) in [5.41, 5.74) is 2.73. The first-order valence-electron chi connectivity index (χ1n) is 8.01. The molecule has 0 unspecified atom stereocenters. The third-order valence-corrected chi connectivity index (χ3v) is 3.84. The number of esters is 1. The van der Waals surface area contributed by atoms with E-state index in [0.29, 0.717) is 12.3 Å². The number of phenols is 1. The van der Waals surface area contributed by atoms with Crippen molar-refractivity contribution in [3.8, 4) is 11.5 Å². The lowest BCUT2D eigenvalue weighted by Gasteiger charge is -2.11. The highest BCUT2D eigenvalue weighted by atomic mass is 35.5. The second-order valence-electron chi connectivity index (χ2n) is 5.68. The Morgan fingerprint density at radius 1 is 1.19 bits per heavy atom. The van der Waals surface area contributed by atoms with Crippen LogP contribution in [0.1, 0.15) is 28.4 Å². The van der Waals surface area contributed by atoms with Crippen molar-refractivity contribution < 1.29 is 24.2 Å². The first-order chi connectivity index (χ1) is 12.3. The lowest BCUT2D eigenvalue weighted by atomic mass is 10.1. The zero-order chi connectivity index (χ0) is 19.3. The lowest BCUT2D eigenvalue weighted by Crippen LogP contribution is -2.21. The van der Waals surface area contributed by atoms with Crippen LogP contribution in [0.5, 0.6) is 11.5 Å². The first kappa shape index (κ1) is 19.6. The number of ether oxygens (including phenoxy) is 2. The maximum Gasteiger partial charge on any atom is 0.338 e. The summed E-state index contributed by atoms with van der Waals surface area (Å²) in [4.78, 5) is 24.1. The molecule has 0 aliphatic heterocycles. The smallest absolute Gasteiger partial charge is 0.338 e. The highest BCUT2D eigenvalue weighted by molar-refractivity contribution is 6.32. The number of anilines is 1. The number of benzene rings is 2. The predicted molar refractivity (Wildman–Crippen MR) is 99.1 cm³/mol. The quantitative estimate of drug-likeness (QED) is 0.747. The van der Waals surface area contributed by atoms with Gasteiger partial charge in [0, 0.05) is 5.69 Å². The summed E-state index contributed by atoms with van der Waals surface area (Å²) >= 11 is 5.88. The number of aromatic hydroxyl groups is 1. The Labute approximate surface area is 156 Å². The van der Waals surface area contributed by atoms with Crippen LogP contribution in [0.4, 0.5) is 5.69 Å². The number of aryl methyl sites for hydroxylation is 2. The normalized spacial score (nSPS) is 10.3. The van der Waals surface area contributed by atoms with Gasteiger partial charge in [0.15, 0.2) is 18.1 Å². The molecule has 0 saturated heterocycles. The van der Waals surface area contributed by atoms with Gasteiger partial charge in [-0.1, -0.05) is 29.3 Å². The number of amides is 1. The van der Waals surface area contributed by atoms with E-state index in [1.807, 2.05) is 26.0 Å². The molecule has 0 aromatic heterocycles. The third-order valence-electron chi connectivity index (χ3n) is 3.55. The fourth-order valence-electron chi connectivity index (χ4n) is 2.31. The minimum atomic E-state index is -0.747. The van der Waals surface area contributed by atoms with E-state index in [4.69, 9.17) is 21.1 Å². The summed E-state index contributed by atoms with van der Waals surface area (Å²) in [6, 6.07) is 8.18. The molecule has 2 aromatic rings. The van der Waals surface area contributed by atoms with Crippen LogP contribution in [-0.4, -0.2) is 30.2 Å². The summed E-state index contributed by atoms with van der Waals surface area (Å²) in [6.45, 7) is 5.41. The van der Waals surface area contributed by atoms with E-state index in [9.17, 15) is 14.7 Å². The number of rotatable bonds is 6. The molecule has 26 heavy (non-hydrogen) atoms. The number of hydrogen-bond donors (Lipinski definition) is 2. The van der Waals surface area contributed by atoms with Crippen molar-refractivity contribution in [2.24, 2.45) is 0 Å². The number of phenolic OH excluding ortho intramolecular Hbond substituents is 1. The van der Waals surface area contributed by atoms with Crippen LogP contribution in [0, 0.1) is 13.8 Å². The van der Waals surface area contributed by atoms with Crippen LogP contribution in [-0.2, 0) is 9.53 Å². The van der Waals surface area contributed by atoms with Crippen LogP contribution in [0.25, 0.3) is 0 Å². The van der Waals surface area contributed by atoms with Gasteiger partial charge < -0.3 is 19.9 Å². The van der Waals surface area contributed by atoms with Gasteiger partial charge in [-0.15, -0.1) is 0 Å². The average Bonchev–Trinajstić information content (AvgIpc) is 2.59. The Kier molecular flexibility index (Phi) is 6.46. The minimum absolute atomic E-state index is 0.0392. The topological polar surface area (TPSA) is 84.9 Å². The second kappa shape index (κ2) is 8.58. The fourth-order valence-corrected chi connectivity index (χ4v) is 2.52. The van der Waals surface area contributed by atoms with Gasteiger partial charge in [0.05, 0.1) is 17.2 Å². The standard InChI is InChI=1S/C19H20ClNO5/c1-4-25-16-9-13(8-14(20)18(16)23)19(24)26-10-17(22)21-15-6-5-11(2)7-12(15)3/h5-9,23H,4,10H2,1-3H3,(H,21,22). The first-order valence-corrected chi connectivity index (χ1v) is 8.39. The highest BCUT2D eigenvalue weighted by Gasteiger charge is 2.16. The molecule has 6 nitrogen and oxygen atoms in total. The Hall–Kier alpha value is -2.73. The molecule has 1 amide bonds. The summed E-state index contributed by atoms with van der Waals surface area (Å²) in [7, 11) is 0. The van der Waals surface area contributed by atoms with Gasteiger partial charge in [-0.25, -0.2) is 4.79 Å². The molecule has 2 N–H and O–H groups in total. The van der Waals surface area contributed by atoms with Crippen LogP contribution >= 0.6 is 11.6 Å². The van der Waals surface area contributed by atoms with E-state index in [1.165, 1.54) is 12.1 Å². The molecule has 138 valence electrons. The molecule has 0 bridgehead atoms. The predicted octanol–water partition coefficient (Wildman–Crippen LogP) is 3.86. The molecule has 0 heterocycles. The van der Waals surface area contributed by atoms with Crippen molar-refractivity contribution in [1.29, 1.82) is 0 Å². The van der Waals surface area contributed by atoms with Crippen LogP contribution in [0.3, 0.4) is 0 Å². The maximum absolute atomic E-state index is 12.1. The summed E-state index contributed by atoms with van der Waals surface area (Å²) in [5, 5.41) is 12.4. The molecule has 2 rings (SSSR count). The third kappa shape index (κ3) is 4.89. The monoisotopic (exact) mass is 377 g/mol. The Balaban J connectivity index is 2.00. The molecule has 0 fully saturated rings. The molecule has 0 radical (unpaired) electrons. The molecule has 0 aliphatic rings. The summed E-state index contributed by atoms with van der Waals surface area (Å²) in [5.74, 6) is -1.38. The zero-order valence-corrected chi connectivity index (χ0v) is 15.5. The van der Waals surface area contributed by atoms with Crippen molar-refractivity contribution in [3.05, 3.63) is 52.0 Å². The number of halogens is 1. The number of hydrogen-bond acceptors (Lipinski definition) is 5. The minimum Gasteiger partial charge on any atom is -0.503 e. The molecular weight excluding hydrogens is 358 g/mol. The summed E-state index contributed by atoms with van der Waals surface area (Å²) < 4.78 is 10.2. The van der Waals surface area contributed by atoms with Gasteiger partial charge in [-0.2, -0.15) is 0 Å². The van der Waals surface area contributed by atoms with E-state index >= 15 is 0 Å². The van der Waals surface area contributed by atoms with Crippen LogP contribution in [0.2, 0.25) is 5.02 Å². The second-order valence-corrected chi connectivity index (χ2v) is 6.09. The SMILES string of the molecule is CCOc1cc(C(=O)OCC(=O)Nc2ccc(C)cc2C)cc(Cl)c1O. The largest absolute Gasteiger partial charge is 0.503 e. The molecule has 2 aromatic carbocycles. The summed E-state index contributed by atoms with van der Waals surface area (Å²) in [6.07, 6.45) is 0. The van der Waals surface area contributed by atoms with Gasteiger partial charge >= 0.3 is 5.97 Å². The lowest BCUT2D eigenvalue weighted by molar-refractivity contribution is -0.119. The molecule has 0 aliphatic carbocycles.